The molecule has 0 spiro atoms. The summed E-state index contributed by atoms with van der Waals surface area (Å²) >= 11 is 0. The first-order valence-corrected chi connectivity index (χ1v) is 7.21. The zero-order valence-electron chi connectivity index (χ0n) is 11.9. The molecule has 1 saturated heterocycles. The molecule has 0 bridgehead atoms. The van der Waals surface area contributed by atoms with E-state index in [4.69, 9.17) is 4.74 Å². The topological polar surface area (TPSA) is 59.1 Å². The van der Waals surface area contributed by atoms with Crippen molar-refractivity contribution in [3.63, 3.8) is 0 Å². The average molecular weight is 264 g/mol. The van der Waals surface area contributed by atoms with Gasteiger partial charge in [0.15, 0.2) is 0 Å². The highest BCUT2D eigenvalue weighted by molar-refractivity contribution is 5.30. The second-order valence-corrected chi connectivity index (χ2v) is 5.09. The molecule has 2 N–H and O–H groups in total. The lowest BCUT2D eigenvalue weighted by atomic mass is 10.1. The molecular formula is C14H24N4O. The van der Waals surface area contributed by atoms with Gasteiger partial charge in [-0.2, -0.15) is 4.98 Å². The summed E-state index contributed by atoms with van der Waals surface area (Å²) in [6, 6.07) is 1.88. The molecule has 5 heteroatoms. The molecular weight excluding hydrogens is 240 g/mol. The highest BCUT2D eigenvalue weighted by Gasteiger charge is 2.13. The van der Waals surface area contributed by atoms with Crippen molar-refractivity contribution in [2.24, 2.45) is 5.92 Å². The van der Waals surface area contributed by atoms with Crippen LogP contribution in [-0.4, -0.2) is 36.2 Å². The largest absolute Gasteiger partial charge is 0.478 e. The van der Waals surface area contributed by atoms with Crippen LogP contribution >= 0.6 is 0 Å². The summed E-state index contributed by atoms with van der Waals surface area (Å²) in [5.41, 5.74) is 0.936. The summed E-state index contributed by atoms with van der Waals surface area (Å²) in [4.78, 5) is 8.76. The van der Waals surface area contributed by atoms with Crippen LogP contribution in [-0.2, 0) is 0 Å². The van der Waals surface area contributed by atoms with E-state index in [1.807, 2.05) is 13.0 Å². The van der Waals surface area contributed by atoms with Gasteiger partial charge in [-0.15, -0.1) is 0 Å². The molecule has 1 aromatic rings. The minimum atomic E-state index is 0.666. The molecule has 0 amide bonds. The van der Waals surface area contributed by atoms with Gasteiger partial charge >= 0.3 is 0 Å². The van der Waals surface area contributed by atoms with Crippen molar-refractivity contribution in [1.29, 1.82) is 0 Å². The van der Waals surface area contributed by atoms with Crippen LogP contribution in [0.5, 0.6) is 5.88 Å². The van der Waals surface area contributed by atoms with E-state index in [2.05, 4.69) is 27.5 Å². The van der Waals surface area contributed by atoms with Gasteiger partial charge in [0, 0.05) is 18.3 Å². The Hall–Kier alpha value is -1.36. The molecule has 1 aliphatic heterocycles. The van der Waals surface area contributed by atoms with E-state index < -0.39 is 0 Å². The fourth-order valence-corrected chi connectivity index (χ4v) is 2.25. The zero-order chi connectivity index (χ0) is 13.5. The molecule has 1 atom stereocenters. The molecule has 0 radical (unpaired) electrons. The summed E-state index contributed by atoms with van der Waals surface area (Å²) < 4.78 is 5.56. The van der Waals surface area contributed by atoms with Gasteiger partial charge in [-0.05, 0) is 45.2 Å². The lowest BCUT2D eigenvalue weighted by Crippen LogP contribution is -2.14. The molecule has 0 aliphatic carbocycles. The van der Waals surface area contributed by atoms with E-state index in [-0.39, 0.29) is 0 Å². The van der Waals surface area contributed by atoms with Crippen LogP contribution < -0.4 is 15.4 Å². The highest BCUT2D eigenvalue weighted by Crippen LogP contribution is 2.14. The van der Waals surface area contributed by atoms with E-state index >= 15 is 0 Å². The van der Waals surface area contributed by atoms with Crippen LogP contribution in [0.4, 0.5) is 5.95 Å². The minimum absolute atomic E-state index is 0.666. The van der Waals surface area contributed by atoms with Crippen LogP contribution in [0.1, 0.15) is 31.9 Å². The lowest BCUT2D eigenvalue weighted by molar-refractivity contribution is 0.305. The monoisotopic (exact) mass is 264 g/mol. The van der Waals surface area contributed by atoms with Gasteiger partial charge in [0.1, 0.15) is 0 Å². The van der Waals surface area contributed by atoms with Crippen molar-refractivity contribution in [2.45, 2.75) is 33.1 Å². The molecule has 2 heterocycles. The summed E-state index contributed by atoms with van der Waals surface area (Å²) in [5, 5.41) is 6.68. The molecule has 2 rings (SSSR count). The lowest BCUT2D eigenvalue weighted by Gasteiger charge is -2.11. The van der Waals surface area contributed by atoms with Gasteiger partial charge < -0.3 is 15.4 Å². The van der Waals surface area contributed by atoms with Gasteiger partial charge in [-0.1, -0.05) is 6.92 Å². The summed E-state index contributed by atoms with van der Waals surface area (Å²) in [7, 11) is 0. The van der Waals surface area contributed by atoms with Crippen molar-refractivity contribution < 1.29 is 4.74 Å². The standard InChI is InChI=1S/C14H24N4O/c1-3-8-19-13-9-11(2)17-14(18-13)16-7-5-12-4-6-15-10-12/h9,12,15H,3-8,10H2,1-2H3,(H,16,17,18). The molecule has 0 saturated carbocycles. The molecule has 1 aromatic heterocycles. The molecule has 5 nitrogen and oxygen atoms in total. The summed E-state index contributed by atoms with van der Waals surface area (Å²) in [5.74, 6) is 2.13. The summed E-state index contributed by atoms with van der Waals surface area (Å²) in [6.45, 7) is 7.96. The van der Waals surface area contributed by atoms with Crippen molar-refractivity contribution in [3.05, 3.63) is 11.8 Å². The third-order valence-electron chi connectivity index (χ3n) is 3.28. The molecule has 1 fully saturated rings. The average Bonchev–Trinajstić information content (AvgIpc) is 2.89. The fourth-order valence-electron chi connectivity index (χ4n) is 2.25. The van der Waals surface area contributed by atoms with Gasteiger partial charge in [-0.3, -0.25) is 0 Å². The number of nitrogens with zero attached hydrogens (tertiary/aromatic N) is 2. The van der Waals surface area contributed by atoms with E-state index in [0.29, 0.717) is 18.4 Å². The second-order valence-electron chi connectivity index (χ2n) is 5.09. The van der Waals surface area contributed by atoms with Crippen LogP contribution in [0.3, 0.4) is 0 Å². The minimum Gasteiger partial charge on any atom is -0.478 e. The van der Waals surface area contributed by atoms with E-state index in [1.54, 1.807) is 0 Å². The zero-order valence-corrected chi connectivity index (χ0v) is 11.9. The Morgan fingerprint density at radius 3 is 3.11 bits per heavy atom. The second kappa shape index (κ2) is 7.28. The smallest absolute Gasteiger partial charge is 0.226 e. The van der Waals surface area contributed by atoms with E-state index in [0.717, 1.165) is 44.1 Å². The maximum Gasteiger partial charge on any atom is 0.226 e. The number of rotatable bonds is 7. The number of anilines is 1. The third-order valence-corrected chi connectivity index (χ3v) is 3.28. The Labute approximate surface area is 115 Å². The first-order valence-electron chi connectivity index (χ1n) is 7.21. The fraction of sp³-hybridized carbons (Fsp3) is 0.714. The predicted octanol–water partition coefficient (Wildman–Crippen LogP) is 1.99. The quantitative estimate of drug-likeness (QED) is 0.788. The molecule has 1 aliphatic rings. The Balaban J connectivity index is 1.82. The van der Waals surface area contributed by atoms with Crippen LogP contribution in [0.25, 0.3) is 0 Å². The third kappa shape index (κ3) is 4.67. The van der Waals surface area contributed by atoms with E-state index in [1.165, 1.54) is 6.42 Å². The molecule has 1 unspecified atom stereocenters. The van der Waals surface area contributed by atoms with Gasteiger partial charge in [-0.25, -0.2) is 4.98 Å². The Bertz CT molecular complexity index is 391. The number of ether oxygens (including phenoxy) is 1. The SMILES string of the molecule is CCCOc1cc(C)nc(NCCC2CCNC2)n1. The molecule has 19 heavy (non-hydrogen) atoms. The Morgan fingerprint density at radius 1 is 1.47 bits per heavy atom. The van der Waals surface area contributed by atoms with Crippen LogP contribution in [0, 0.1) is 12.8 Å². The van der Waals surface area contributed by atoms with Crippen molar-refractivity contribution >= 4 is 5.95 Å². The number of hydrogen-bond donors (Lipinski definition) is 2. The van der Waals surface area contributed by atoms with Crippen LogP contribution in [0.2, 0.25) is 0 Å². The highest BCUT2D eigenvalue weighted by atomic mass is 16.5. The van der Waals surface area contributed by atoms with Crippen molar-refractivity contribution in [3.8, 4) is 5.88 Å². The number of nitrogens with one attached hydrogen (secondary N) is 2. The van der Waals surface area contributed by atoms with E-state index in [9.17, 15) is 0 Å². The maximum atomic E-state index is 5.56. The Morgan fingerprint density at radius 2 is 2.37 bits per heavy atom. The predicted molar refractivity (Wildman–Crippen MR) is 76.6 cm³/mol. The molecule has 0 aromatic carbocycles. The summed E-state index contributed by atoms with van der Waals surface area (Å²) in [6.07, 6.45) is 3.43. The maximum absolute atomic E-state index is 5.56. The van der Waals surface area contributed by atoms with Gasteiger partial charge in [0.05, 0.1) is 6.61 Å². The Kier molecular flexibility index (Phi) is 5.39. The van der Waals surface area contributed by atoms with Crippen molar-refractivity contribution in [1.82, 2.24) is 15.3 Å². The van der Waals surface area contributed by atoms with Crippen LogP contribution in [0.15, 0.2) is 6.07 Å². The molecule has 106 valence electrons. The van der Waals surface area contributed by atoms with Gasteiger partial charge in [0.25, 0.3) is 0 Å². The van der Waals surface area contributed by atoms with Gasteiger partial charge in [0.2, 0.25) is 11.8 Å². The van der Waals surface area contributed by atoms with Crippen molar-refractivity contribution in [2.75, 3.05) is 31.6 Å². The normalized spacial score (nSPS) is 18.5. The number of hydrogen-bond acceptors (Lipinski definition) is 5. The first kappa shape index (κ1) is 14.1. The first-order chi connectivity index (χ1) is 9.28. The number of aryl methyl sites for hydroxylation is 1. The number of aromatic nitrogens is 2.